The number of nitrogens with one attached hydrogen (secondary N) is 2. The molecule has 3 amide bonds. The minimum Gasteiger partial charge on any atom is -0.339 e. The van der Waals surface area contributed by atoms with Gasteiger partial charge in [-0.25, -0.2) is 8.78 Å². The van der Waals surface area contributed by atoms with Crippen molar-refractivity contribution in [3.8, 4) is 0 Å². The fraction of sp³-hybridized carbons (Fsp3) is 0.375. The van der Waals surface area contributed by atoms with Crippen LogP contribution in [0.4, 0.5) is 20.2 Å². The lowest BCUT2D eigenvalue weighted by atomic mass is 9.95. The highest BCUT2D eigenvalue weighted by Crippen LogP contribution is 2.24. The topological polar surface area (TPSA) is 78.5 Å². The number of hydrogen-bond donors (Lipinski definition) is 2. The maximum atomic E-state index is 13.9. The number of carbonyl (C=O) groups is 3. The molecule has 0 radical (unpaired) electrons. The van der Waals surface area contributed by atoms with Crippen molar-refractivity contribution in [3.63, 3.8) is 0 Å². The number of amides is 3. The van der Waals surface area contributed by atoms with Gasteiger partial charge in [-0.1, -0.05) is 26.8 Å². The van der Waals surface area contributed by atoms with Gasteiger partial charge in [0.1, 0.15) is 11.6 Å². The summed E-state index contributed by atoms with van der Waals surface area (Å²) in [5.74, 6) is -2.75. The first-order valence-corrected chi connectivity index (χ1v) is 10.5. The molecule has 1 saturated heterocycles. The van der Waals surface area contributed by atoms with Crippen LogP contribution in [0.25, 0.3) is 0 Å². The lowest BCUT2D eigenvalue weighted by Crippen LogP contribution is -2.41. The number of anilines is 2. The number of hydrogen-bond acceptors (Lipinski definition) is 3. The van der Waals surface area contributed by atoms with Gasteiger partial charge in [-0.2, -0.15) is 0 Å². The van der Waals surface area contributed by atoms with E-state index in [9.17, 15) is 23.2 Å². The molecule has 8 heteroatoms. The number of carbonyl (C=O) groups excluding carboxylic acids is 3. The van der Waals surface area contributed by atoms with Crippen molar-refractivity contribution in [3.05, 3.63) is 59.7 Å². The Morgan fingerprint density at radius 3 is 2.16 bits per heavy atom. The maximum Gasteiger partial charge on any atom is 0.256 e. The molecule has 1 aliphatic rings. The Morgan fingerprint density at radius 1 is 0.938 bits per heavy atom. The molecule has 0 atom stereocenters. The predicted molar refractivity (Wildman–Crippen MR) is 118 cm³/mol. The number of nitrogens with zero attached hydrogens (tertiary/aromatic N) is 1. The van der Waals surface area contributed by atoms with Crippen LogP contribution >= 0.6 is 0 Å². The molecule has 0 saturated carbocycles. The standard InChI is InChI=1S/C24H27F2N3O3/c1-24(2,3)23(32)28-18-6-4-5-17(14-18)27-21(30)15-9-11-29(12-10-15)22(31)19-8-7-16(25)13-20(19)26/h4-8,13-15H,9-12H2,1-3H3,(H,27,30)(H,28,32). The van der Waals surface area contributed by atoms with Gasteiger partial charge in [0, 0.05) is 41.9 Å². The van der Waals surface area contributed by atoms with Crippen LogP contribution in [-0.2, 0) is 9.59 Å². The summed E-state index contributed by atoms with van der Waals surface area (Å²) in [4.78, 5) is 38.9. The van der Waals surface area contributed by atoms with Crippen LogP contribution in [-0.4, -0.2) is 35.7 Å². The van der Waals surface area contributed by atoms with Gasteiger partial charge in [-0.05, 0) is 43.2 Å². The second-order valence-corrected chi connectivity index (χ2v) is 8.96. The minimum atomic E-state index is -0.895. The van der Waals surface area contributed by atoms with Gasteiger partial charge in [-0.3, -0.25) is 14.4 Å². The summed E-state index contributed by atoms with van der Waals surface area (Å²) in [5.41, 5.74) is 0.433. The molecule has 2 N–H and O–H groups in total. The molecule has 1 aliphatic heterocycles. The smallest absolute Gasteiger partial charge is 0.256 e. The number of rotatable bonds is 4. The first-order valence-electron chi connectivity index (χ1n) is 10.5. The molecule has 1 fully saturated rings. The van der Waals surface area contributed by atoms with Crippen LogP contribution < -0.4 is 10.6 Å². The van der Waals surface area contributed by atoms with Gasteiger partial charge < -0.3 is 15.5 Å². The van der Waals surface area contributed by atoms with E-state index in [4.69, 9.17) is 0 Å². The van der Waals surface area contributed by atoms with Crippen molar-refractivity contribution in [2.24, 2.45) is 11.3 Å². The van der Waals surface area contributed by atoms with Crippen LogP contribution in [0.2, 0.25) is 0 Å². The van der Waals surface area contributed by atoms with E-state index in [0.717, 1.165) is 12.1 Å². The summed E-state index contributed by atoms with van der Waals surface area (Å²) in [7, 11) is 0. The molecule has 6 nitrogen and oxygen atoms in total. The van der Waals surface area contributed by atoms with Gasteiger partial charge in [-0.15, -0.1) is 0 Å². The van der Waals surface area contributed by atoms with Gasteiger partial charge in [0.05, 0.1) is 5.56 Å². The second-order valence-electron chi connectivity index (χ2n) is 8.96. The van der Waals surface area contributed by atoms with Gasteiger partial charge in [0.25, 0.3) is 5.91 Å². The molecule has 0 unspecified atom stereocenters. The largest absolute Gasteiger partial charge is 0.339 e. The monoisotopic (exact) mass is 443 g/mol. The molecule has 32 heavy (non-hydrogen) atoms. The van der Waals surface area contributed by atoms with Crippen molar-refractivity contribution in [1.82, 2.24) is 4.90 Å². The van der Waals surface area contributed by atoms with E-state index in [1.54, 1.807) is 24.3 Å². The first kappa shape index (κ1) is 23.4. The summed E-state index contributed by atoms with van der Waals surface area (Å²) in [6.45, 7) is 6.05. The Bertz CT molecular complexity index is 1030. The zero-order valence-electron chi connectivity index (χ0n) is 18.4. The Hall–Kier alpha value is -3.29. The van der Waals surface area contributed by atoms with Crippen molar-refractivity contribution in [1.29, 1.82) is 0 Å². The van der Waals surface area contributed by atoms with Crippen LogP contribution in [0.5, 0.6) is 0 Å². The Balaban J connectivity index is 1.56. The van der Waals surface area contributed by atoms with E-state index in [-0.39, 0.29) is 23.3 Å². The number of likely N-dealkylation sites (tertiary alicyclic amines) is 1. The molecule has 0 bridgehead atoms. The average molecular weight is 443 g/mol. The third-order valence-electron chi connectivity index (χ3n) is 5.38. The molecular formula is C24H27F2N3O3. The molecule has 0 aliphatic carbocycles. The summed E-state index contributed by atoms with van der Waals surface area (Å²) in [6.07, 6.45) is 0.863. The highest BCUT2D eigenvalue weighted by molar-refractivity contribution is 5.97. The number of benzene rings is 2. The SMILES string of the molecule is CC(C)(C)C(=O)Nc1cccc(NC(=O)C2CCN(C(=O)c3ccc(F)cc3F)CC2)c1. The summed E-state index contributed by atoms with van der Waals surface area (Å²) in [5, 5.41) is 5.69. The zero-order valence-corrected chi connectivity index (χ0v) is 18.4. The summed E-state index contributed by atoms with van der Waals surface area (Å²) >= 11 is 0. The zero-order chi connectivity index (χ0) is 23.5. The lowest BCUT2D eigenvalue weighted by molar-refractivity contribution is -0.123. The predicted octanol–water partition coefficient (Wildman–Crippen LogP) is 4.44. The number of piperidine rings is 1. The Morgan fingerprint density at radius 2 is 1.56 bits per heavy atom. The lowest BCUT2D eigenvalue weighted by Gasteiger charge is -2.31. The van der Waals surface area contributed by atoms with E-state index in [0.29, 0.717) is 43.4 Å². The highest BCUT2D eigenvalue weighted by atomic mass is 19.1. The quantitative estimate of drug-likeness (QED) is 0.733. The highest BCUT2D eigenvalue weighted by Gasteiger charge is 2.29. The van der Waals surface area contributed by atoms with Crippen LogP contribution in [0.3, 0.4) is 0 Å². The maximum absolute atomic E-state index is 13.9. The van der Waals surface area contributed by atoms with E-state index in [1.807, 2.05) is 20.8 Å². The fourth-order valence-electron chi connectivity index (χ4n) is 3.42. The van der Waals surface area contributed by atoms with E-state index in [2.05, 4.69) is 10.6 Å². The van der Waals surface area contributed by atoms with Gasteiger partial charge >= 0.3 is 0 Å². The van der Waals surface area contributed by atoms with E-state index in [1.165, 1.54) is 4.90 Å². The molecule has 1 heterocycles. The van der Waals surface area contributed by atoms with Gasteiger partial charge in [0.15, 0.2) is 0 Å². The fourth-order valence-corrected chi connectivity index (χ4v) is 3.42. The van der Waals surface area contributed by atoms with E-state index >= 15 is 0 Å². The van der Waals surface area contributed by atoms with Gasteiger partial charge in [0.2, 0.25) is 11.8 Å². The molecule has 2 aromatic rings. The molecular weight excluding hydrogens is 416 g/mol. The summed E-state index contributed by atoms with van der Waals surface area (Å²) < 4.78 is 27.0. The van der Waals surface area contributed by atoms with E-state index < -0.39 is 23.0 Å². The normalized spacial score (nSPS) is 14.7. The Labute approximate surface area is 186 Å². The molecule has 170 valence electrons. The van der Waals surface area contributed by atoms with Crippen molar-refractivity contribution >= 4 is 29.1 Å². The van der Waals surface area contributed by atoms with Crippen molar-refractivity contribution < 1.29 is 23.2 Å². The summed E-state index contributed by atoms with van der Waals surface area (Å²) in [6, 6.07) is 9.79. The molecule has 0 spiro atoms. The molecule has 2 aromatic carbocycles. The number of halogens is 2. The molecule has 3 rings (SSSR count). The first-order chi connectivity index (χ1) is 15.0. The van der Waals surface area contributed by atoms with Crippen LogP contribution in [0, 0.1) is 23.0 Å². The third-order valence-corrected chi connectivity index (χ3v) is 5.38. The van der Waals surface area contributed by atoms with Crippen molar-refractivity contribution in [2.45, 2.75) is 33.6 Å². The third kappa shape index (κ3) is 5.69. The van der Waals surface area contributed by atoms with Crippen LogP contribution in [0.15, 0.2) is 42.5 Å². The second kappa shape index (κ2) is 9.46. The molecule has 0 aromatic heterocycles. The van der Waals surface area contributed by atoms with Crippen LogP contribution in [0.1, 0.15) is 44.0 Å². The van der Waals surface area contributed by atoms with Crippen molar-refractivity contribution in [2.75, 3.05) is 23.7 Å². The minimum absolute atomic E-state index is 0.129. The average Bonchev–Trinajstić information content (AvgIpc) is 2.73. The Kier molecular flexibility index (Phi) is 6.91.